The van der Waals surface area contributed by atoms with Gasteiger partial charge in [-0.25, -0.2) is 17.6 Å². The minimum atomic E-state index is -1.80. The van der Waals surface area contributed by atoms with E-state index in [2.05, 4.69) is 0 Å². The number of hydrogen-bond acceptors (Lipinski definition) is 1. The van der Waals surface area contributed by atoms with Crippen LogP contribution < -0.4 is 0 Å². The first-order valence-electron chi connectivity index (χ1n) is 7.39. The van der Waals surface area contributed by atoms with Gasteiger partial charge < -0.3 is 4.43 Å². The van der Waals surface area contributed by atoms with Gasteiger partial charge in [-0.2, -0.15) is 0 Å². The van der Waals surface area contributed by atoms with Crippen molar-refractivity contribution in [2.24, 2.45) is 0 Å². The van der Waals surface area contributed by atoms with Crippen molar-refractivity contribution in [3.63, 3.8) is 0 Å². The Bertz CT molecular complexity index is 688. The quantitative estimate of drug-likeness (QED) is 0.342. The van der Waals surface area contributed by atoms with Gasteiger partial charge in [0.1, 0.15) is 10.5 Å². The smallest absolute Gasteiger partial charge is 0.198 e. The molecule has 124 valence electrons. The highest BCUT2D eigenvalue weighted by atomic mass is 28.2. The third kappa shape index (κ3) is 3.05. The molecule has 0 aliphatic rings. The van der Waals surface area contributed by atoms with E-state index < -0.39 is 28.9 Å². The van der Waals surface area contributed by atoms with E-state index in [9.17, 15) is 17.6 Å². The predicted molar refractivity (Wildman–Crippen MR) is 85.0 cm³/mol. The van der Waals surface area contributed by atoms with Gasteiger partial charge in [-0.15, -0.1) is 0 Å². The van der Waals surface area contributed by atoms with Crippen molar-refractivity contribution in [1.82, 2.24) is 0 Å². The molecule has 0 heterocycles. The second-order valence-corrected chi connectivity index (χ2v) is 5.74. The van der Waals surface area contributed by atoms with E-state index in [1.54, 1.807) is 24.3 Å². The SMILES string of the molecule is CCC(CC)(O[SiH3])c1ccc(-c2cc(F)c(F)c(F)c2F)cc1. The highest BCUT2D eigenvalue weighted by molar-refractivity contribution is 5.98. The maximum atomic E-state index is 13.9. The fraction of sp³-hybridized carbons (Fsp3) is 0.294. The Hall–Kier alpha value is -1.66. The monoisotopic (exact) mass is 342 g/mol. The molecule has 1 nitrogen and oxygen atoms in total. The lowest BCUT2D eigenvalue weighted by Crippen LogP contribution is -2.27. The first kappa shape index (κ1) is 17.7. The van der Waals surface area contributed by atoms with E-state index in [1.807, 2.05) is 13.8 Å². The summed E-state index contributed by atoms with van der Waals surface area (Å²) in [4.78, 5) is 0. The number of hydrogen-bond donors (Lipinski definition) is 0. The molecule has 6 heteroatoms. The molecule has 0 bridgehead atoms. The minimum absolute atomic E-state index is 0.276. The molecule has 0 saturated carbocycles. The van der Waals surface area contributed by atoms with Gasteiger partial charge >= 0.3 is 0 Å². The Morgan fingerprint density at radius 3 is 1.96 bits per heavy atom. The van der Waals surface area contributed by atoms with Crippen LogP contribution in [-0.4, -0.2) is 10.5 Å². The highest BCUT2D eigenvalue weighted by Gasteiger charge is 2.27. The lowest BCUT2D eigenvalue weighted by atomic mass is 9.87. The van der Waals surface area contributed by atoms with Gasteiger partial charge in [-0.05, 0) is 30.0 Å². The van der Waals surface area contributed by atoms with Crippen LogP contribution >= 0.6 is 0 Å². The summed E-state index contributed by atoms with van der Waals surface area (Å²) in [5, 5.41) is 0. The molecule has 0 atom stereocenters. The number of rotatable bonds is 5. The van der Waals surface area contributed by atoms with Crippen LogP contribution in [0.1, 0.15) is 32.3 Å². The van der Waals surface area contributed by atoms with Crippen LogP contribution in [0.4, 0.5) is 17.6 Å². The normalized spacial score (nSPS) is 11.9. The van der Waals surface area contributed by atoms with Crippen molar-refractivity contribution in [2.75, 3.05) is 0 Å². The van der Waals surface area contributed by atoms with E-state index in [0.29, 0.717) is 16.6 Å². The molecule has 2 aromatic rings. The first-order valence-corrected chi connectivity index (χ1v) is 8.20. The van der Waals surface area contributed by atoms with E-state index in [0.717, 1.165) is 18.4 Å². The Balaban J connectivity index is 2.49. The van der Waals surface area contributed by atoms with Gasteiger partial charge in [0.25, 0.3) is 0 Å². The molecular formula is C17H18F4OSi. The Morgan fingerprint density at radius 2 is 1.48 bits per heavy atom. The maximum absolute atomic E-state index is 13.9. The standard InChI is InChI=1S/C17H18F4OSi/c1-3-17(4-2,22-23)11-7-5-10(6-8-11)12-9-13(18)15(20)16(21)14(12)19/h5-9H,3-4H2,1-2,23H3. The fourth-order valence-electron chi connectivity index (χ4n) is 2.80. The van der Waals surface area contributed by atoms with Gasteiger partial charge in [0.05, 0.1) is 5.60 Å². The van der Waals surface area contributed by atoms with Crippen molar-refractivity contribution in [3.05, 3.63) is 59.2 Å². The molecule has 0 aliphatic heterocycles. The zero-order valence-electron chi connectivity index (χ0n) is 13.2. The zero-order chi connectivity index (χ0) is 17.2. The highest BCUT2D eigenvalue weighted by Crippen LogP contribution is 2.34. The molecule has 23 heavy (non-hydrogen) atoms. The van der Waals surface area contributed by atoms with E-state index >= 15 is 0 Å². The van der Waals surface area contributed by atoms with Crippen LogP contribution in [0.25, 0.3) is 11.1 Å². The van der Waals surface area contributed by atoms with Crippen LogP contribution in [0.5, 0.6) is 0 Å². The molecule has 0 fully saturated rings. The van der Waals surface area contributed by atoms with Gasteiger partial charge in [0.15, 0.2) is 23.3 Å². The largest absolute Gasteiger partial charge is 0.418 e. The van der Waals surface area contributed by atoms with Crippen molar-refractivity contribution in [1.29, 1.82) is 0 Å². The third-order valence-corrected chi connectivity index (χ3v) is 5.14. The summed E-state index contributed by atoms with van der Waals surface area (Å²) < 4.78 is 59.3. The average molecular weight is 342 g/mol. The summed E-state index contributed by atoms with van der Waals surface area (Å²) in [6.45, 7) is 4.03. The second-order valence-electron chi connectivity index (χ2n) is 5.33. The van der Waals surface area contributed by atoms with E-state index in [4.69, 9.17) is 4.43 Å². The number of benzene rings is 2. The summed E-state index contributed by atoms with van der Waals surface area (Å²) in [5.41, 5.74) is 0.490. The molecule has 0 aromatic heterocycles. The van der Waals surface area contributed by atoms with Crippen LogP contribution in [0.3, 0.4) is 0 Å². The topological polar surface area (TPSA) is 9.23 Å². The number of halogens is 4. The Kier molecular flexibility index (Phi) is 5.26. The Morgan fingerprint density at radius 1 is 0.913 bits per heavy atom. The van der Waals surface area contributed by atoms with Crippen molar-refractivity contribution >= 4 is 10.5 Å². The van der Waals surface area contributed by atoms with Crippen molar-refractivity contribution < 1.29 is 22.0 Å². The molecule has 0 spiro atoms. The van der Waals surface area contributed by atoms with Gasteiger partial charge in [0.2, 0.25) is 0 Å². The summed E-state index contributed by atoms with van der Waals surface area (Å²) in [5.74, 6) is -6.41. The van der Waals surface area contributed by atoms with E-state index in [-0.39, 0.29) is 11.1 Å². The molecular weight excluding hydrogens is 324 g/mol. The van der Waals surface area contributed by atoms with Crippen molar-refractivity contribution in [2.45, 2.75) is 32.3 Å². The van der Waals surface area contributed by atoms with Crippen LogP contribution in [0.15, 0.2) is 30.3 Å². The van der Waals surface area contributed by atoms with Gasteiger partial charge in [-0.3, -0.25) is 0 Å². The maximum Gasteiger partial charge on any atom is 0.198 e. The Labute approximate surface area is 135 Å². The molecule has 2 aromatic carbocycles. The fourth-order valence-corrected chi connectivity index (χ4v) is 3.61. The van der Waals surface area contributed by atoms with Crippen LogP contribution in [0, 0.1) is 23.3 Å². The molecule has 0 unspecified atom stereocenters. The summed E-state index contributed by atoms with van der Waals surface area (Å²) in [7, 11) is 0.568. The molecule has 0 saturated heterocycles. The van der Waals surface area contributed by atoms with Gasteiger partial charge in [0, 0.05) is 5.56 Å². The molecule has 2 rings (SSSR count). The average Bonchev–Trinajstić information content (AvgIpc) is 2.59. The minimum Gasteiger partial charge on any atom is -0.418 e. The second kappa shape index (κ2) is 6.84. The van der Waals surface area contributed by atoms with Gasteiger partial charge in [-0.1, -0.05) is 38.1 Å². The van der Waals surface area contributed by atoms with E-state index in [1.165, 1.54) is 0 Å². The predicted octanol–water partition coefficient (Wildman–Crippen LogP) is 4.22. The molecule has 0 aliphatic carbocycles. The molecule has 0 radical (unpaired) electrons. The summed E-state index contributed by atoms with van der Waals surface area (Å²) in [6, 6.07) is 7.28. The first-order chi connectivity index (χ1) is 10.9. The molecule has 0 amide bonds. The van der Waals surface area contributed by atoms with Crippen molar-refractivity contribution in [3.8, 4) is 11.1 Å². The third-order valence-electron chi connectivity index (χ3n) is 4.36. The molecule has 0 N–H and O–H groups in total. The summed E-state index contributed by atoms with van der Waals surface area (Å²) >= 11 is 0. The lowest BCUT2D eigenvalue weighted by molar-refractivity contribution is 0.0685. The summed E-state index contributed by atoms with van der Waals surface area (Å²) in [6.07, 6.45) is 1.56. The van der Waals surface area contributed by atoms with Crippen LogP contribution in [0.2, 0.25) is 0 Å². The zero-order valence-corrected chi connectivity index (χ0v) is 15.2. The lowest BCUT2D eigenvalue weighted by Gasteiger charge is -2.31. The van der Waals surface area contributed by atoms with Crippen LogP contribution in [-0.2, 0) is 10.0 Å².